The van der Waals surface area contributed by atoms with Crippen molar-refractivity contribution in [1.82, 2.24) is 14.7 Å². The molecule has 0 saturated heterocycles. The summed E-state index contributed by atoms with van der Waals surface area (Å²) in [6.45, 7) is 8.11. The van der Waals surface area contributed by atoms with Crippen LogP contribution in [0.4, 0.5) is 0 Å². The number of aromatic nitrogens is 2. The number of aryl methyl sites for hydroxylation is 1. The van der Waals surface area contributed by atoms with Crippen molar-refractivity contribution in [2.75, 3.05) is 13.7 Å². The smallest absolute Gasteiger partial charge is 0.358 e. The average molecular weight is 420 g/mol. The summed E-state index contributed by atoms with van der Waals surface area (Å²) < 4.78 is 6.85. The van der Waals surface area contributed by atoms with Crippen LogP contribution in [-0.4, -0.2) is 46.3 Å². The molecule has 0 unspecified atom stereocenters. The zero-order valence-electron chi connectivity index (χ0n) is 18.8. The first-order valence-electron chi connectivity index (χ1n) is 10.6. The Bertz CT molecular complexity index is 1050. The molecular weight excluding hydrogens is 390 g/mol. The first-order chi connectivity index (χ1) is 14.8. The van der Waals surface area contributed by atoms with Gasteiger partial charge in [-0.25, -0.2) is 9.48 Å². The summed E-state index contributed by atoms with van der Waals surface area (Å²) in [6.07, 6.45) is 0.952. The summed E-state index contributed by atoms with van der Waals surface area (Å²) in [5.74, 6) is -0.498. The largest absolute Gasteiger partial charge is 0.461 e. The molecule has 0 fully saturated rings. The van der Waals surface area contributed by atoms with Crippen molar-refractivity contribution in [3.63, 3.8) is 0 Å². The molecule has 0 atom stereocenters. The van der Waals surface area contributed by atoms with Gasteiger partial charge in [-0.3, -0.25) is 4.79 Å². The van der Waals surface area contributed by atoms with Crippen molar-refractivity contribution in [3.8, 4) is 16.9 Å². The molecule has 1 aromatic heterocycles. The molecule has 0 spiro atoms. The lowest BCUT2D eigenvalue weighted by Gasteiger charge is -2.21. The van der Waals surface area contributed by atoms with Gasteiger partial charge in [0, 0.05) is 24.2 Å². The van der Waals surface area contributed by atoms with E-state index in [1.165, 1.54) is 5.56 Å². The van der Waals surface area contributed by atoms with Crippen LogP contribution in [0.25, 0.3) is 16.9 Å². The molecule has 3 rings (SSSR count). The third kappa shape index (κ3) is 4.85. The first-order valence-corrected chi connectivity index (χ1v) is 10.6. The molecule has 0 saturated carbocycles. The van der Waals surface area contributed by atoms with E-state index >= 15 is 0 Å². The van der Waals surface area contributed by atoms with Crippen molar-refractivity contribution in [2.45, 2.75) is 40.2 Å². The Hall–Kier alpha value is -3.41. The number of carbonyl (C=O) groups excluding carboxylic acids is 2. The van der Waals surface area contributed by atoms with Crippen molar-refractivity contribution in [3.05, 3.63) is 71.4 Å². The van der Waals surface area contributed by atoms with Gasteiger partial charge in [-0.1, -0.05) is 31.2 Å². The molecule has 0 aliphatic carbocycles. The Kier molecular flexibility index (Phi) is 6.90. The lowest BCUT2D eigenvalue weighted by atomic mass is 10.1. The van der Waals surface area contributed by atoms with E-state index in [-0.39, 0.29) is 24.2 Å². The van der Waals surface area contributed by atoms with E-state index in [1.54, 1.807) is 41.8 Å². The van der Waals surface area contributed by atoms with Gasteiger partial charge in [0.25, 0.3) is 5.91 Å². The molecule has 0 bridgehead atoms. The third-order valence-electron chi connectivity index (χ3n) is 5.31. The van der Waals surface area contributed by atoms with Crippen LogP contribution in [0.5, 0.6) is 0 Å². The first kappa shape index (κ1) is 22.3. The van der Waals surface area contributed by atoms with E-state index in [1.807, 2.05) is 38.1 Å². The number of rotatable bonds is 7. The highest BCUT2D eigenvalue weighted by atomic mass is 16.5. The monoisotopic (exact) mass is 419 g/mol. The molecule has 1 amide bonds. The number of carbonyl (C=O) groups is 2. The van der Waals surface area contributed by atoms with E-state index in [2.05, 4.69) is 24.2 Å². The molecule has 0 radical (unpaired) electrons. The fourth-order valence-electron chi connectivity index (χ4n) is 3.18. The molecule has 31 heavy (non-hydrogen) atoms. The Morgan fingerprint density at radius 1 is 1.03 bits per heavy atom. The quantitative estimate of drug-likeness (QED) is 0.518. The Morgan fingerprint density at radius 2 is 1.68 bits per heavy atom. The maximum atomic E-state index is 12.6. The predicted octanol–water partition coefficient (Wildman–Crippen LogP) is 4.76. The number of nitrogens with zero attached hydrogens (tertiary/aromatic N) is 3. The number of esters is 1. The Labute approximate surface area is 183 Å². The molecule has 6 heteroatoms. The minimum atomic E-state index is -0.460. The molecule has 0 aliphatic rings. The molecule has 3 aromatic rings. The van der Waals surface area contributed by atoms with Gasteiger partial charge in [-0.2, -0.15) is 5.10 Å². The van der Waals surface area contributed by atoms with Crippen LogP contribution in [0.1, 0.15) is 54.1 Å². The molecule has 0 N–H and O–H groups in total. The van der Waals surface area contributed by atoms with Crippen LogP contribution >= 0.6 is 0 Å². The topological polar surface area (TPSA) is 64.4 Å². The second-order valence-corrected chi connectivity index (χ2v) is 7.65. The highest BCUT2D eigenvalue weighted by Crippen LogP contribution is 2.25. The molecule has 162 valence electrons. The summed E-state index contributed by atoms with van der Waals surface area (Å²) in [7, 11) is 1.79. The van der Waals surface area contributed by atoms with Crippen LogP contribution in [0.15, 0.2) is 54.6 Å². The van der Waals surface area contributed by atoms with Gasteiger partial charge in [-0.05, 0) is 63.1 Å². The fourth-order valence-corrected chi connectivity index (χ4v) is 3.18. The van der Waals surface area contributed by atoms with Gasteiger partial charge in [0.1, 0.15) is 0 Å². The number of hydrogen-bond acceptors (Lipinski definition) is 4. The highest BCUT2D eigenvalue weighted by molar-refractivity contribution is 5.94. The Morgan fingerprint density at radius 3 is 2.23 bits per heavy atom. The third-order valence-corrected chi connectivity index (χ3v) is 5.31. The zero-order valence-corrected chi connectivity index (χ0v) is 18.8. The summed E-state index contributed by atoms with van der Waals surface area (Å²) in [5.41, 5.74) is 4.57. The summed E-state index contributed by atoms with van der Waals surface area (Å²) in [5, 5.41) is 4.50. The van der Waals surface area contributed by atoms with Crippen LogP contribution in [-0.2, 0) is 11.2 Å². The second-order valence-electron chi connectivity index (χ2n) is 7.65. The van der Waals surface area contributed by atoms with Gasteiger partial charge in [-0.15, -0.1) is 0 Å². The van der Waals surface area contributed by atoms with Crippen LogP contribution in [0.3, 0.4) is 0 Å². The van der Waals surface area contributed by atoms with Crippen molar-refractivity contribution >= 4 is 11.9 Å². The molecule has 1 heterocycles. The van der Waals surface area contributed by atoms with E-state index in [9.17, 15) is 9.59 Å². The summed E-state index contributed by atoms with van der Waals surface area (Å²) >= 11 is 0. The van der Waals surface area contributed by atoms with Crippen LogP contribution in [0, 0.1) is 0 Å². The minimum Gasteiger partial charge on any atom is -0.461 e. The van der Waals surface area contributed by atoms with E-state index in [4.69, 9.17) is 4.74 Å². The number of hydrogen-bond donors (Lipinski definition) is 0. The molecule has 6 nitrogen and oxygen atoms in total. The number of amides is 1. The molecule has 2 aromatic carbocycles. The normalized spacial score (nSPS) is 10.9. The highest BCUT2D eigenvalue weighted by Gasteiger charge is 2.19. The van der Waals surface area contributed by atoms with E-state index in [0.717, 1.165) is 23.4 Å². The average Bonchev–Trinajstić information content (AvgIpc) is 3.24. The van der Waals surface area contributed by atoms with Gasteiger partial charge in [0.2, 0.25) is 0 Å². The van der Waals surface area contributed by atoms with Crippen LogP contribution in [0.2, 0.25) is 0 Å². The maximum absolute atomic E-state index is 12.6. The van der Waals surface area contributed by atoms with Gasteiger partial charge in [0.05, 0.1) is 18.0 Å². The SMILES string of the molecule is CCOC(=O)c1cc(-c2ccc(CC)cc2)n(-c2ccc(C(=O)N(C)C(C)C)cc2)n1. The predicted molar refractivity (Wildman–Crippen MR) is 122 cm³/mol. The zero-order chi connectivity index (χ0) is 22.5. The standard InChI is InChI=1S/C25H29N3O3/c1-6-18-8-10-19(11-9-18)23-16-22(25(30)31-7-2)26-28(23)21-14-12-20(13-15-21)24(29)27(5)17(3)4/h8-17H,6-7H2,1-5H3. The molecular formula is C25H29N3O3. The fraction of sp³-hybridized carbons (Fsp3) is 0.320. The van der Waals surface area contributed by atoms with Gasteiger partial charge in [0.15, 0.2) is 5.69 Å². The van der Waals surface area contributed by atoms with Gasteiger partial charge < -0.3 is 9.64 Å². The van der Waals surface area contributed by atoms with E-state index in [0.29, 0.717) is 5.56 Å². The van der Waals surface area contributed by atoms with Crippen LogP contribution < -0.4 is 0 Å². The van der Waals surface area contributed by atoms with Crippen molar-refractivity contribution in [2.24, 2.45) is 0 Å². The number of ether oxygens (including phenoxy) is 1. The lowest BCUT2D eigenvalue weighted by Crippen LogP contribution is -2.32. The summed E-state index contributed by atoms with van der Waals surface area (Å²) in [4.78, 5) is 26.6. The summed E-state index contributed by atoms with van der Waals surface area (Å²) in [6, 6.07) is 17.3. The Balaban J connectivity index is 2.02. The molecule has 0 aliphatic heterocycles. The minimum absolute atomic E-state index is 0.0374. The van der Waals surface area contributed by atoms with E-state index < -0.39 is 5.97 Å². The van der Waals surface area contributed by atoms with Crippen molar-refractivity contribution in [1.29, 1.82) is 0 Å². The van der Waals surface area contributed by atoms with Gasteiger partial charge >= 0.3 is 5.97 Å². The maximum Gasteiger partial charge on any atom is 0.358 e. The number of benzene rings is 2. The second kappa shape index (κ2) is 9.60. The lowest BCUT2D eigenvalue weighted by molar-refractivity contribution is 0.0518. The van der Waals surface area contributed by atoms with Crippen molar-refractivity contribution < 1.29 is 14.3 Å².